The molecule has 0 aliphatic rings. The molecule has 0 aliphatic carbocycles. The summed E-state index contributed by atoms with van der Waals surface area (Å²) in [6.07, 6.45) is 0. The zero-order valence-electron chi connectivity index (χ0n) is 18.3. The maximum atomic E-state index is 12.8. The van der Waals surface area contributed by atoms with Gasteiger partial charge in [0, 0.05) is 13.1 Å². The highest BCUT2D eigenvalue weighted by atomic mass is 32.2. The molecule has 10 heteroatoms. The smallest absolute Gasteiger partial charge is 0.262 e. The molecule has 0 saturated heterocycles. The molecule has 2 aromatic carbocycles. The molecule has 0 radical (unpaired) electrons. The molecular formula is C23H21N7O2S. The summed E-state index contributed by atoms with van der Waals surface area (Å²) in [6, 6.07) is 17.1. The highest BCUT2D eigenvalue weighted by Gasteiger charge is 2.17. The third-order valence-electron chi connectivity index (χ3n) is 5.31. The van der Waals surface area contributed by atoms with Crippen molar-refractivity contribution in [3.63, 3.8) is 0 Å². The van der Waals surface area contributed by atoms with Crippen LogP contribution in [0.3, 0.4) is 0 Å². The first-order valence-electron chi connectivity index (χ1n) is 10.3. The van der Waals surface area contributed by atoms with Crippen LogP contribution in [0.2, 0.25) is 0 Å². The summed E-state index contributed by atoms with van der Waals surface area (Å²) in [6.45, 7) is 3.90. The number of nitrogens with one attached hydrogen (secondary N) is 1. The normalized spacial score (nSPS) is 11.4. The van der Waals surface area contributed by atoms with Crippen molar-refractivity contribution in [2.45, 2.75) is 19.0 Å². The first-order chi connectivity index (χ1) is 15.9. The first kappa shape index (κ1) is 21.0. The van der Waals surface area contributed by atoms with Crippen molar-refractivity contribution < 1.29 is 4.79 Å². The summed E-state index contributed by atoms with van der Waals surface area (Å²) in [7, 11) is 1.66. The Kier molecular flexibility index (Phi) is 5.21. The number of hydrogen-bond acceptors (Lipinski definition) is 6. The molecule has 1 amide bonds. The van der Waals surface area contributed by atoms with E-state index >= 15 is 0 Å². The molecule has 5 rings (SSSR count). The Morgan fingerprint density at radius 1 is 1.06 bits per heavy atom. The topological polar surface area (TPSA) is 99.1 Å². The number of carbonyl (C=O) groups is 1. The van der Waals surface area contributed by atoms with Gasteiger partial charge in [-0.25, -0.2) is 4.68 Å². The summed E-state index contributed by atoms with van der Waals surface area (Å²) in [5.74, 6) is 0.950. The van der Waals surface area contributed by atoms with Crippen LogP contribution in [0.4, 0.5) is 5.82 Å². The van der Waals surface area contributed by atoms with Crippen molar-refractivity contribution in [2.75, 3.05) is 11.1 Å². The maximum absolute atomic E-state index is 12.8. The second-order valence-electron chi connectivity index (χ2n) is 7.75. The van der Waals surface area contributed by atoms with E-state index in [2.05, 4.69) is 20.6 Å². The molecule has 3 heterocycles. The minimum atomic E-state index is -0.195. The fourth-order valence-electron chi connectivity index (χ4n) is 3.69. The Labute approximate surface area is 193 Å². The van der Waals surface area contributed by atoms with Crippen LogP contribution in [0, 0.1) is 13.8 Å². The van der Waals surface area contributed by atoms with Gasteiger partial charge in [-0.2, -0.15) is 5.10 Å². The monoisotopic (exact) mass is 459 g/mol. The van der Waals surface area contributed by atoms with E-state index < -0.39 is 0 Å². The lowest BCUT2D eigenvalue weighted by Gasteiger charge is -2.09. The number of aromatic nitrogens is 6. The first-order valence-corrected chi connectivity index (χ1v) is 11.3. The molecule has 3 aromatic heterocycles. The average Bonchev–Trinajstić information content (AvgIpc) is 3.40. The molecular weight excluding hydrogens is 438 g/mol. The van der Waals surface area contributed by atoms with Gasteiger partial charge in [-0.05, 0) is 38.1 Å². The van der Waals surface area contributed by atoms with Crippen molar-refractivity contribution in [1.82, 2.24) is 28.9 Å². The quantitative estimate of drug-likeness (QED) is 0.406. The standard InChI is InChI=1S/C23H21N7O2S/c1-14-8-10-16(11-9-14)30-19(12-15(2)27-30)24-20(31)13-33-23-26-25-22-28(3)21(32)17-6-4-5-7-18(17)29(22)23/h4-12H,13H2,1-3H3,(H,24,31). The Morgan fingerprint density at radius 2 is 1.82 bits per heavy atom. The van der Waals surface area contributed by atoms with E-state index in [1.165, 1.54) is 16.3 Å². The number of amides is 1. The minimum absolute atomic E-state index is 0.121. The number of fused-ring (bicyclic) bond motifs is 3. The van der Waals surface area contributed by atoms with E-state index in [0.717, 1.165) is 16.9 Å². The lowest BCUT2D eigenvalue weighted by Crippen LogP contribution is -2.20. The van der Waals surface area contributed by atoms with Gasteiger partial charge in [0.05, 0.1) is 28.0 Å². The van der Waals surface area contributed by atoms with Gasteiger partial charge in [0.25, 0.3) is 5.56 Å². The summed E-state index contributed by atoms with van der Waals surface area (Å²) in [5.41, 5.74) is 3.38. The van der Waals surface area contributed by atoms with Crippen LogP contribution < -0.4 is 10.9 Å². The summed E-state index contributed by atoms with van der Waals surface area (Å²) >= 11 is 1.26. The van der Waals surface area contributed by atoms with Crippen molar-refractivity contribution >= 4 is 40.2 Å². The highest BCUT2D eigenvalue weighted by molar-refractivity contribution is 7.99. The van der Waals surface area contributed by atoms with Gasteiger partial charge < -0.3 is 5.32 Å². The van der Waals surface area contributed by atoms with Gasteiger partial charge in [-0.3, -0.25) is 18.6 Å². The summed E-state index contributed by atoms with van der Waals surface area (Å²) in [4.78, 5) is 25.4. The molecule has 0 spiro atoms. The molecule has 0 fully saturated rings. The molecule has 0 atom stereocenters. The largest absolute Gasteiger partial charge is 0.310 e. The fraction of sp³-hybridized carbons (Fsp3) is 0.174. The summed E-state index contributed by atoms with van der Waals surface area (Å²) in [5, 5.41) is 16.9. The van der Waals surface area contributed by atoms with Crippen LogP contribution >= 0.6 is 11.8 Å². The Morgan fingerprint density at radius 3 is 2.61 bits per heavy atom. The van der Waals surface area contributed by atoms with Gasteiger partial charge in [0.15, 0.2) is 5.16 Å². The predicted molar refractivity (Wildman–Crippen MR) is 128 cm³/mol. The SMILES string of the molecule is Cc1ccc(-n2nc(C)cc2NC(=O)CSc2nnc3n(C)c(=O)c4ccccc4n23)cc1. The van der Waals surface area contributed by atoms with Crippen LogP contribution in [0.15, 0.2) is 64.5 Å². The van der Waals surface area contributed by atoms with Crippen LogP contribution in [0.5, 0.6) is 0 Å². The highest BCUT2D eigenvalue weighted by Crippen LogP contribution is 2.22. The third-order valence-corrected chi connectivity index (χ3v) is 6.24. The Hall–Kier alpha value is -3.92. The number of para-hydroxylation sites is 1. The number of hydrogen-bond donors (Lipinski definition) is 1. The molecule has 5 aromatic rings. The zero-order chi connectivity index (χ0) is 23.1. The van der Waals surface area contributed by atoms with Crippen LogP contribution in [-0.2, 0) is 11.8 Å². The minimum Gasteiger partial charge on any atom is -0.310 e. The second kappa shape index (κ2) is 8.21. The van der Waals surface area contributed by atoms with E-state index in [9.17, 15) is 9.59 Å². The van der Waals surface area contributed by atoms with E-state index in [1.807, 2.05) is 62.4 Å². The van der Waals surface area contributed by atoms with Crippen LogP contribution in [0.25, 0.3) is 22.4 Å². The Bertz CT molecular complexity index is 1560. The van der Waals surface area contributed by atoms with Crippen molar-refractivity contribution in [3.8, 4) is 5.69 Å². The predicted octanol–water partition coefficient (Wildman–Crippen LogP) is 3.11. The molecule has 1 N–H and O–H groups in total. The number of benzene rings is 2. The molecule has 0 bridgehead atoms. The van der Waals surface area contributed by atoms with Gasteiger partial charge in [0.2, 0.25) is 11.7 Å². The van der Waals surface area contributed by atoms with Crippen molar-refractivity contribution in [3.05, 3.63) is 76.2 Å². The van der Waals surface area contributed by atoms with Crippen molar-refractivity contribution in [2.24, 2.45) is 7.05 Å². The molecule has 0 unspecified atom stereocenters. The van der Waals surface area contributed by atoms with Gasteiger partial charge in [-0.15, -0.1) is 10.2 Å². The zero-order valence-corrected chi connectivity index (χ0v) is 19.1. The second-order valence-corrected chi connectivity index (χ2v) is 8.70. The van der Waals surface area contributed by atoms with Crippen LogP contribution in [0.1, 0.15) is 11.3 Å². The molecule has 166 valence electrons. The number of aryl methyl sites for hydroxylation is 3. The summed E-state index contributed by atoms with van der Waals surface area (Å²) < 4.78 is 4.98. The molecule has 0 aliphatic heterocycles. The maximum Gasteiger partial charge on any atom is 0.262 e. The van der Waals surface area contributed by atoms with Gasteiger partial charge in [0.1, 0.15) is 5.82 Å². The van der Waals surface area contributed by atoms with E-state index in [1.54, 1.807) is 22.2 Å². The lowest BCUT2D eigenvalue weighted by atomic mass is 10.2. The number of anilines is 1. The molecule has 0 saturated carbocycles. The third kappa shape index (κ3) is 3.78. The number of nitrogens with zero attached hydrogens (tertiary/aromatic N) is 6. The molecule has 9 nitrogen and oxygen atoms in total. The van der Waals surface area contributed by atoms with Gasteiger partial charge >= 0.3 is 0 Å². The lowest BCUT2D eigenvalue weighted by molar-refractivity contribution is -0.113. The Balaban J connectivity index is 1.40. The number of rotatable bonds is 5. The number of carbonyl (C=O) groups excluding carboxylic acids is 1. The number of thioether (sulfide) groups is 1. The van der Waals surface area contributed by atoms with E-state index in [0.29, 0.717) is 27.7 Å². The van der Waals surface area contributed by atoms with Gasteiger partial charge in [-0.1, -0.05) is 41.6 Å². The fourth-order valence-corrected chi connectivity index (χ4v) is 4.43. The van der Waals surface area contributed by atoms with Crippen LogP contribution in [-0.4, -0.2) is 40.6 Å². The van der Waals surface area contributed by atoms with E-state index in [-0.39, 0.29) is 17.2 Å². The average molecular weight is 460 g/mol. The molecule has 33 heavy (non-hydrogen) atoms. The van der Waals surface area contributed by atoms with Crippen molar-refractivity contribution in [1.29, 1.82) is 0 Å². The van der Waals surface area contributed by atoms with E-state index in [4.69, 9.17) is 0 Å².